The number of aliphatic carboxylic acids is 2. The van der Waals surface area contributed by atoms with E-state index in [1.807, 2.05) is 6.07 Å². The van der Waals surface area contributed by atoms with Gasteiger partial charge in [0.05, 0.1) is 30.5 Å². The Hall–Kier alpha value is -2.54. The predicted molar refractivity (Wildman–Crippen MR) is 124 cm³/mol. The molecule has 3 rings (SSSR count). The zero-order valence-corrected chi connectivity index (χ0v) is 20.3. The topological polar surface area (TPSA) is 180 Å². The molecular formula is C22H39N5O7. The van der Waals surface area contributed by atoms with Crippen molar-refractivity contribution < 1.29 is 34.1 Å². The maximum atomic E-state index is 12.7. The fraction of sp³-hybridized carbons (Fsp3) is 0.727. The first-order valence-corrected chi connectivity index (χ1v) is 11.4. The van der Waals surface area contributed by atoms with E-state index in [1.54, 1.807) is 7.11 Å². The molecule has 0 aliphatic carbocycles. The number of amides is 1. The number of aromatic amines is 1. The van der Waals surface area contributed by atoms with Gasteiger partial charge in [-0.25, -0.2) is 0 Å². The summed E-state index contributed by atoms with van der Waals surface area (Å²) in [5.74, 6) is -1.59. The predicted octanol–water partition coefficient (Wildman–Crippen LogP) is 0.572. The maximum absolute atomic E-state index is 12.7. The van der Waals surface area contributed by atoms with Crippen molar-refractivity contribution in [2.45, 2.75) is 64.8 Å². The number of hydrogen-bond acceptors (Lipinski definition) is 8. The molecule has 2 aliphatic rings. The highest BCUT2D eigenvalue weighted by Crippen LogP contribution is 2.22. The summed E-state index contributed by atoms with van der Waals surface area (Å²) in [5, 5.41) is 25.0. The summed E-state index contributed by atoms with van der Waals surface area (Å²) in [4.78, 5) is 33.1. The number of rotatable bonds is 6. The molecule has 6 N–H and O–H groups in total. The van der Waals surface area contributed by atoms with Gasteiger partial charge in [-0.1, -0.05) is 0 Å². The minimum Gasteiger partial charge on any atom is -0.481 e. The van der Waals surface area contributed by atoms with Crippen molar-refractivity contribution in [3.8, 4) is 0 Å². The third-order valence-electron chi connectivity index (χ3n) is 5.32. The van der Waals surface area contributed by atoms with Crippen LogP contribution in [0.5, 0.6) is 0 Å². The van der Waals surface area contributed by atoms with Gasteiger partial charge in [-0.2, -0.15) is 5.10 Å². The first kappa shape index (κ1) is 29.5. The molecule has 1 aromatic heterocycles. The number of methoxy groups -OCH3 is 1. The SMILES string of the molecule is CC(=O)O.CC(=O)O.COCc1cc(CNC(=O)[C@@H]2CC[C@H](N)CN(C3CCOCC3)C2)[nH]n1. The molecule has 0 saturated carbocycles. The smallest absolute Gasteiger partial charge is 0.300 e. The van der Waals surface area contributed by atoms with E-state index in [1.165, 1.54) is 0 Å². The van der Waals surface area contributed by atoms with Crippen LogP contribution in [0.1, 0.15) is 50.9 Å². The molecular weight excluding hydrogens is 446 g/mol. The number of carbonyl (C=O) groups excluding carboxylic acids is 1. The van der Waals surface area contributed by atoms with E-state index in [0.29, 0.717) is 19.2 Å². The largest absolute Gasteiger partial charge is 0.481 e. The molecule has 2 fully saturated rings. The van der Waals surface area contributed by atoms with Crippen molar-refractivity contribution in [2.75, 3.05) is 33.4 Å². The molecule has 2 aliphatic heterocycles. The molecule has 194 valence electrons. The number of carboxylic acids is 2. The summed E-state index contributed by atoms with van der Waals surface area (Å²) < 4.78 is 10.5. The number of H-pyrrole nitrogens is 1. The lowest BCUT2D eigenvalue weighted by Gasteiger charge is -2.35. The lowest BCUT2D eigenvalue weighted by atomic mass is 10.0. The fourth-order valence-corrected chi connectivity index (χ4v) is 3.87. The van der Waals surface area contributed by atoms with E-state index in [0.717, 1.165) is 77.2 Å². The molecule has 1 aromatic rings. The van der Waals surface area contributed by atoms with Crippen LogP contribution in [0.25, 0.3) is 0 Å². The quantitative estimate of drug-likeness (QED) is 0.382. The highest BCUT2D eigenvalue weighted by atomic mass is 16.5. The highest BCUT2D eigenvalue weighted by molar-refractivity contribution is 5.78. The molecule has 34 heavy (non-hydrogen) atoms. The summed E-state index contributed by atoms with van der Waals surface area (Å²) in [5.41, 5.74) is 7.98. The molecule has 0 bridgehead atoms. The van der Waals surface area contributed by atoms with Gasteiger partial charge in [0.25, 0.3) is 11.9 Å². The van der Waals surface area contributed by atoms with Gasteiger partial charge in [0, 0.05) is 59.3 Å². The van der Waals surface area contributed by atoms with Crippen LogP contribution in [-0.2, 0) is 37.0 Å². The Balaban J connectivity index is 0.000000629. The lowest BCUT2D eigenvalue weighted by molar-refractivity contribution is -0.135. The number of nitrogens with one attached hydrogen (secondary N) is 2. The normalized spacial score (nSPS) is 21.2. The molecule has 0 radical (unpaired) electrons. The van der Waals surface area contributed by atoms with E-state index in [9.17, 15) is 4.79 Å². The molecule has 12 nitrogen and oxygen atoms in total. The average molecular weight is 486 g/mol. The number of nitrogens with zero attached hydrogens (tertiary/aromatic N) is 2. The van der Waals surface area contributed by atoms with E-state index < -0.39 is 11.9 Å². The van der Waals surface area contributed by atoms with Gasteiger partial charge in [0.2, 0.25) is 5.91 Å². The molecule has 0 unspecified atom stereocenters. The van der Waals surface area contributed by atoms with Crippen LogP contribution < -0.4 is 11.1 Å². The first-order valence-electron chi connectivity index (χ1n) is 11.4. The lowest BCUT2D eigenvalue weighted by Crippen LogP contribution is -2.47. The number of likely N-dealkylation sites (tertiary alicyclic amines) is 1. The van der Waals surface area contributed by atoms with Crippen LogP contribution in [0.3, 0.4) is 0 Å². The van der Waals surface area contributed by atoms with E-state index >= 15 is 0 Å². The van der Waals surface area contributed by atoms with E-state index in [2.05, 4.69) is 20.4 Å². The molecule has 1 amide bonds. The Kier molecular flexibility index (Phi) is 14.0. The molecule has 2 saturated heterocycles. The Morgan fingerprint density at radius 1 is 1.18 bits per heavy atom. The van der Waals surface area contributed by atoms with Gasteiger partial charge in [0.15, 0.2) is 0 Å². The summed E-state index contributed by atoms with van der Waals surface area (Å²) in [6.07, 6.45) is 3.78. The molecule has 12 heteroatoms. The van der Waals surface area contributed by atoms with Crippen LogP contribution in [0.2, 0.25) is 0 Å². The summed E-state index contributed by atoms with van der Waals surface area (Å²) in [6, 6.07) is 2.54. The second-order valence-electron chi connectivity index (χ2n) is 8.41. The minimum absolute atomic E-state index is 0.0206. The highest BCUT2D eigenvalue weighted by Gasteiger charge is 2.31. The monoisotopic (exact) mass is 485 g/mol. The second kappa shape index (κ2) is 16.1. The summed E-state index contributed by atoms with van der Waals surface area (Å²) in [7, 11) is 1.64. The van der Waals surface area contributed by atoms with Crippen LogP contribution in [0.4, 0.5) is 0 Å². The van der Waals surface area contributed by atoms with Gasteiger partial charge in [-0.05, 0) is 31.7 Å². The zero-order chi connectivity index (χ0) is 25.5. The van der Waals surface area contributed by atoms with Crippen LogP contribution in [0, 0.1) is 5.92 Å². The standard InChI is InChI=1S/C18H31N5O3.2C2H4O2/c1-25-12-16-8-15(21-22-16)9-20-18(24)13-2-3-14(19)11-23(10-13)17-4-6-26-7-5-17;2*1-2(3)4/h8,13-14,17H,2-7,9-12,19H2,1H3,(H,20,24)(H,21,22);2*1H3,(H,3,4)/t13-,14+;;/m1../s1. The number of aromatic nitrogens is 2. The van der Waals surface area contributed by atoms with Crippen molar-refractivity contribution in [2.24, 2.45) is 11.7 Å². The van der Waals surface area contributed by atoms with Crippen molar-refractivity contribution in [3.05, 3.63) is 17.5 Å². The Morgan fingerprint density at radius 2 is 1.79 bits per heavy atom. The maximum Gasteiger partial charge on any atom is 0.300 e. The van der Waals surface area contributed by atoms with E-state index in [4.69, 9.17) is 35.0 Å². The van der Waals surface area contributed by atoms with Gasteiger partial charge >= 0.3 is 0 Å². The van der Waals surface area contributed by atoms with Gasteiger partial charge in [-0.3, -0.25) is 24.4 Å². The van der Waals surface area contributed by atoms with Crippen molar-refractivity contribution >= 4 is 17.8 Å². The third kappa shape index (κ3) is 12.6. The van der Waals surface area contributed by atoms with Crippen LogP contribution in [0.15, 0.2) is 6.07 Å². The number of nitrogens with two attached hydrogens (primary N) is 1. The van der Waals surface area contributed by atoms with Crippen molar-refractivity contribution in [1.82, 2.24) is 20.4 Å². The Bertz CT molecular complexity index is 732. The number of carboxylic acid groups (broad SMARTS) is 2. The van der Waals surface area contributed by atoms with Gasteiger partial charge in [0.1, 0.15) is 0 Å². The fourth-order valence-electron chi connectivity index (χ4n) is 3.87. The van der Waals surface area contributed by atoms with Crippen LogP contribution >= 0.6 is 0 Å². The van der Waals surface area contributed by atoms with E-state index in [-0.39, 0.29) is 17.9 Å². The molecule has 0 aromatic carbocycles. The second-order valence-corrected chi connectivity index (χ2v) is 8.41. The Morgan fingerprint density at radius 3 is 2.38 bits per heavy atom. The molecule has 3 heterocycles. The summed E-state index contributed by atoms with van der Waals surface area (Å²) in [6.45, 7) is 6.34. The minimum atomic E-state index is -0.833. The number of hydrogen-bond donors (Lipinski definition) is 5. The van der Waals surface area contributed by atoms with Gasteiger partial charge < -0.3 is 30.7 Å². The molecule has 2 atom stereocenters. The van der Waals surface area contributed by atoms with Crippen LogP contribution in [-0.4, -0.2) is 88.7 Å². The van der Waals surface area contributed by atoms with Crippen molar-refractivity contribution in [1.29, 1.82) is 0 Å². The number of ether oxygens (including phenoxy) is 2. The third-order valence-corrected chi connectivity index (χ3v) is 5.32. The first-order chi connectivity index (χ1) is 16.1. The zero-order valence-electron chi connectivity index (χ0n) is 20.3. The summed E-state index contributed by atoms with van der Waals surface area (Å²) >= 11 is 0. The number of carbonyl (C=O) groups is 3. The average Bonchev–Trinajstić information content (AvgIpc) is 3.12. The Labute approximate surface area is 200 Å². The molecule has 0 spiro atoms. The van der Waals surface area contributed by atoms with Crippen molar-refractivity contribution in [3.63, 3.8) is 0 Å². The van der Waals surface area contributed by atoms with Gasteiger partial charge in [-0.15, -0.1) is 0 Å².